The van der Waals surface area contributed by atoms with Crippen LogP contribution in [0.3, 0.4) is 0 Å². The molecular formula is C28H37N3O4S2. The van der Waals surface area contributed by atoms with Crippen molar-refractivity contribution in [3.63, 3.8) is 0 Å². The Labute approximate surface area is 224 Å². The zero-order chi connectivity index (χ0) is 26.0. The van der Waals surface area contributed by atoms with Crippen molar-refractivity contribution in [1.29, 1.82) is 0 Å². The average Bonchev–Trinajstić information content (AvgIpc) is 3.47. The van der Waals surface area contributed by atoms with Gasteiger partial charge in [-0.1, -0.05) is 24.6 Å². The van der Waals surface area contributed by atoms with Gasteiger partial charge in [-0.2, -0.15) is 0 Å². The van der Waals surface area contributed by atoms with Gasteiger partial charge in [-0.25, -0.2) is 8.42 Å². The van der Waals surface area contributed by atoms with Crippen molar-refractivity contribution in [3.8, 4) is 0 Å². The average molecular weight is 544 g/mol. The Hall–Kier alpha value is -2.23. The van der Waals surface area contributed by atoms with Gasteiger partial charge in [0.05, 0.1) is 16.4 Å². The van der Waals surface area contributed by atoms with E-state index >= 15 is 0 Å². The summed E-state index contributed by atoms with van der Waals surface area (Å²) >= 11 is 1.70. The fourth-order valence-corrected chi connectivity index (χ4v) is 7.26. The number of carbonyl (C=O) groups is 2. The van der Waals surface area contributed by atoms with E-state index in [2.05, 4.69) is 21.7 Å². The van der Waals surface area contributed by atoms with Crippen LogP contribution in [-0.2, 0) is 26.0 Å². The van der Waals surface area contributed by atoms with Crippen molar-refractivity contribution in [3.05, 3.63) is 52.2 Å². The maximum Gasteiger partial charge on any atom is 0.229 e. The van der Waals surface area contributed by atoms with Crippen molar-refractivity contribution in [1.82, 2.24) is 15.1 Å². The number of carbonyl (C=O) groups excluding carboxylic acids is 2. The van der Waals surface area contributed by atoms with E-state index in [9.17, 15) is 18.0 Å². The van der Waals surface area contributed by atoms with Gasteiger partial charge in [-0.3, -0.25) is 9.59 Å². The molecule has 37 heavy (non-hydrogen) atoms. The lowest BCUT2D eigenvalue weighted by Gasteiger charge is -2.38. The van der Waals surface area contributed by atoms with Gasteiger partial charge >= 0.3 is 0 Å². The van der Waals surface area contributed by atoms with E-state index in [0.29, 0.717) is 11.4 Å². The smallest absolute Gasteiger partial charge is 0.229 e. The molecule has 2 amide bonds. The monoisotopic (exact) mass is 543 g/mol. The fourth-order valence-electron chi connectivity index (χ4n) is 5.82. The molecule has 1 aliphatic carbocycles. The molecule has 1 spiro atoms. The molecule has 2 saturated heterocycles. The molecule has 2 aromatic rings. The third-order valence-electron chi connectivity index (χ3n) is 8.55. The number of hydrogen-bond donors (Lipinski definition) is 1. The van der Waals surface area contributed by atoms with E-state index < -0.39 is 9.84 Å². The molecule has 1 unspecified atom stereocenters. The maximum atomic E-state index is 13.4. The molecule has 1 aromatic carbocycles. The van der Waals surface area contributed by atoms with E-state index in [0.717, 1.165) is 76.7 Å². The van der Waals surface area contributed by atoms with Crippen LogP contribution in [0.5, 0.6) is 0 Å². The molecule has 0 radical (unpaired) electrons. The van der Waals surface area contributed by atoms with Crippen LogP contribution in [0, 0.1) is 11.3 Å². The number of amides is 2. The molecule has 1 N–H and O–H groups in total. The van der Waals surface area contributed by atoms with E-state index in [-0.39, 0.29) is 29.2 Å². The predicted molar refractivity (Wildman–Crippen MR) is 145 cm³/mol. The Bertz CT molecular complexity index is 1200. The molecule has 1 aromatic heterocycles. The molecule has 1 atom stereocenters. The van der Waals surface area contributed by atoms with Crippen molar-refractivity contribution >= 4 is 33.0 Å². The van der Waals surface area contributed by atoms with Crippen LogP contribution in [-0.4, -0.2) is 62.5 Å². The minimum Gasteiger partial charge on any atom is -0.348 e. The normalized spacial score (nSPS) is 21.2. The summed E-state index contributed by atoms with van der Waals surface area (Å²) in [5, 5.41) is 5.38. The SMILES string of the molecule is CS(=O)(=O)c1ccc(CN2CCC3(CCN(CCC(NC(=O)C4CCC4)c4cccs4)CC3)C2=O)cc1. The zero-order valence-corrected chi connectivity index (χ0v) is 23.2. The lowest BCUT2D eigenvalue weighted by molar-refractivity contribution is -0.139. The maximum absolute atomic E-state index is 13.4. The minimum absolute atomic E-state index is 0.0571. The fraction of sp³-hybridized carbons (Fsp3) is 0.571. The molecular weight excluding hydrogens is 506 g/mol. The third-order valence-corrected chi connectivity index (χ3v) is 10.7. The van der Waals surface area contributed by atoms with Crippen LogP contribution in [0.15, 0.2) is 46.7 Å². The zero-order valence-electron chi connectivity index (χ0n) is 21.5. The van der Waals surface area contributed by atoms with Gasteiger partial charge in [0.15, 0.2) is 9.84 Å². The number of benzene rings is 1. The number of rotatable bonds is 9. The Balaban J connectivity index is 1.13. The molecule has 3 fully saturated rings. The Morgan fingerprint density at radius 1 is 1.11 bits per heavy atom. The molecule has 9 heteroatoms. The first kappa shape index (κ1) is 26.4. The van der Waals surface area contributed by atoms with Crippen LogP contribution < -0.4 is 5.32 Å². The molecule has 200 valence electrons. The highest BCUT2D eigenvalue weighted by Gasteiger charge is 2.47. The van der Waals surface area contributed by atoms with Gasteiger partial charge in [0.25, 0.3) is 0 Å². The number of sulfone groups is 1. The van der Waals surface area contributed by atoms with Crippen LogP contribution >= 0.6 is 11.3 Å². The second kappa shape index (κ2) is 10.9. The summed E-state index contributed by atoms with van der Waals surface area (Å²) in [5.74, 6) is 0.625. The number of nitrogens with one attached hydrogen (secondary N) is 1. The Morgan fingerprint density at radius 2 is 1.81 bits per heavy atom. The Kier molecular flexibility index (Phi) is 7.75. The molecule has 7 nitrogen and oxygen atoms in total. The highest BCUT2D eigenvalue weighted by atomic mass is 32.2. The summed E-state index contributed by atoms with van der Waals surface area (Å²) in [4.78, 5) is 31.9. The molecule has 5 rings (SSSR count). The highest BCUT2D eigenvalue weighted by molar-refractivity contribution is 7.90. The third kappa shape index (κ3) is 5.94. The summed E-state index contributed by atoms with van der Waals surface area (Å²) in [7, 11) is -3.22. The Morgan fingerprint density at radius 3 is 2.41 bits per heavy atom. The van der Waals surface area contributed by atoms with E-state index in [1.807, 2.05) is 23.1 Å². The van der Waals surface area contributed by atoms with Crippen molar-refractivity contribution in [2.75, 3.05) is 32.4 Å². The summed E-state index contributed by atoms with van der Waals surface area (Å²) in [6, 6.07) is 11.1. The van der Waals surface area contributed by atoms with E-state index in [1.165, 1.54) is 11.1 Å². The molecule has 2 aliphatic heterocycles. The topological polar surface area (TPSA) is 86.8 Å². The van der Waals surface area contributed by atoms with Crippen LogP contribution in [0.2, 0.25) is 0 Å². The number of piperidine rings is 1. The van der Waals surface area contributed by atoms with Crippen molar-refractivity contribution < 1.29 is 18.0 Å². The number of thiophene rings is 1. The lowest BCUT2D eigenvalue weighted by atomic mass is 9.77. The van der Waals surface area contributed by atoms with E-state index in [1.54, 1.807) is 23.5 Å². The van der Waals surface area contributed by atoms with Crippen LogP contribution in [0.4, 0.5) is 0 Å². The van der Waals surface area contributed by atoms with Gasteiger partial charge in [0.2, 0.25) is 11.8 Å². The quantitative estimate of drug-likeness (QED) is 0.516. The lowest BCUT2D eigenvalue weighted by Crippen LogP contribution is -2.45. The molecule has 3 aliphatic rings. The number of hydrogen-bond acceptors (Lipinski definition) is 6. The standard InChI is InChI=1S/C28H37N3O4S2/c1-37(34,35)23-9-7-21(8-10-23)20-31-18-14-28(27(31)33)12-16-30(17-13-28)15-11-24(25-6-3-19-36-25)29-26(32)22-4-2-5-22/h3,6-10,19,22,24H,2,4-5,11-18,20H2,1H3,(H,29,32). The van der Waals surface area contributed by atoms with Gasteiger partial charge in [-0.05, 0) is 80.8 Å². The first-order chi connectivity index (χ1) is 17.7. The summed E-state index contributed by atoms with van der Waals surface area (Å²) in [6.45, 7) is 3.98. The van der Waals surface area contributed by atoms with Gasteiger partial charge < -0.3 is 15.1 Å². The van der Waals surface area contributed by atoms with Crippen LogP contribution in [0.25, 0.3) is 0 Å². The van der Waals surface area contributed by atoms with Gasteiger partial charge in [0, 0.05) is 36.7 Å². The molecule has 0 bridgehead atoms. The predicted octanol–water partition coefficient (Wildman–Crippen LogP) is 4.01. The van der Waals surface area contributed by atoms with Crippen molar-refractivity contribution in [2.24, 2.45) is 11.3 Å². The van der Waals surface area contributed by atoms with E-state index in [4.69, 9.17) is 0 Å². The largest absolute Gasteiger partial charge is 0.348 e. The molecule has 3 heterocycles. The van der Waals surface area contributed by atoms with Gasteiger partial charge in [0.1, 0.15) is 0 Å². The highest BCUT2D eigenvalue weighted by Crippen LogP contribution is 2.42. The second-order valence-corrected chi connectivity index (χ2v) is 14.0. The van der Waals surface area contributed by atoms with Gasteiger partial charge in [-0.15, -0.1) is 11.3 Å². The second-order valence-electron chi connectivity index (χ2n) is 11.0. The number of likely N-dealkylation sites (tertiary alicyclic amines) is 2. The first-order valence-corrected chi connectivity index (χ1v) is 16.2. The first-order valence-electron chi connectivity index (χ1n) is 13.4. The van der Waals surface area contributed by atoms with Crippen LogP contribution in [0.1, 0.15) is 61.4 Å². The number of nitrogens with zero attached hydrogens (tertiary/aromatic N) is 2. The minimum atomic E-state index is -3.22. The van der Waals surface area contributed by atoms with Crippen molar-refractivity contribution in [2.45, 2.75) is 62.4 Å². The summed E-state index contributed by atoms with van der Waals surface area (Å²) in [5.41, 5.74) is 0.688. The molecule has 1 saturated carbocycles. The summed E-state index contributed by atoms with van der Waals surface area (Å²) < 4.78 is 23.4. The summed E-state index contributed by atoms with van der Waals surface area (Å²) in [6.07, 6.45) is 7.88.